The van der Waals surface area contributed by atoms with E-state index in [1.54, 1.807) is 6.92 Å². The molecule has 0 radical (unpaired) electrons. The molecule has 0 aliphatic rings. The van der Waals surface area contributed by atoms with Gasteiger partial charge in [-0.25, -0.2) is 8.42 Å². The minimum atomic E-state index is -4.67. The zero-order valence-corrected chi connectivity index (χ0v) is 13.2. The van der Waals surface area contributed by atoms with E-state index < -0.39 is 38.9 Å². The number of nitrogens with zero attached hydrogens (tertiary/aromatic N) is 1. The second-order valence-corrected chi connectivity index (χ2v) is 6.75. The molecule has 0 aromatic heterocycles. The third kappa shape index (κ3) is 5.27. The van der Waals surface area contributed by atoms with Crippen LogP contribution >= 0.6 is 0 Å². The fourth-order valence-electron chi connectivity index (χ4n) is 1.91. The second kappa shape index (κ2) is 8.00. The monoisotopic (exact) mass is 349 g/mol. The number of carbonyl (C=O) groups is 2. The average molecular weight is 349 g/mol. The third-order valence-corrected chi connectivity index (χ3v) is 4.41. The third-order valence-electron chi connectivity index (χ3n) is 3.01. The Kier molecular flexibility index (Phi) is 6.62. The van der Waals surface area contributed by atoms with Crippen molar-refractivity contribution in [1.29, 1.82) is 0 Å². The van der Waals surface area contributed by atoms with E-state index in [2.05, 4.69) is 0 Å². The van der Waals surface area contributed by atoms with E-state index in [9.17, 15) is 26.8 Å². The summed E-state index contributed by atoms with van der Waals surface area (Å²) in [7, 11) is -4.67. The first-order chi connectivity index (χ1) is 10.7. The van der Waals surface area contributed by atoms with E-state index in [1.165, 1.54) is 17.0 Å². The van der Waals surface area contributed by atoms with Crippen LogP contribution < -0.4 is 0 Å². The molecule has 0 aliphatic heterocycles. The van der Waals surface area contributed by atoms with Gasteiger partial charge in [-0.1, -0.05) is 19.1 Å². The lowest BCUT2D eigenvalue weighted by Crippen LogP contribution is -2.37. The number of hydrogen-bond donors (Lipinski definition) is 1. The highest BCUT2D eigenvalue weighted by Crippen LogP contribution is 2.19. The van der Waals surface area contributed by atoms with Crippen LogP contribution in [0.1, 0.15) is 18.9 Å². The van der Waals surface area contributed by atoms with Gasteiger partial charge in [0.1, 0.15) is 6.54 Å². The van der Waals surface area contributed by atoms with Crippen molar-refractivity contribution in [2.45, 2.75) is 30.4 Å². The van der Waals surface area contributed by atoms with E-state index in [0.29, 0.717) is 12.0 Å². The predicted molar refractivity (Wildman–Crippen MR) is 77.8 cm³/mol. The molecule has 1 rings (SSSR count). The molecule has 23 heavy (non-hydrogen) atoms. The Bertz CT molecular complexity index is 658. The summed E-state index contributed by atoms with van der Waals surface area (Å²) in [5, 5.41) is 8.77. The molecule has 1 amide bonds. The van der Waals surface area contributed by atoms with Gasteiger partial charge in [0.25, 0.3) is 0 Å². The van der Waals surface area contributed by atoms with Gasteiger partial charge in [0, 0.05) is 6.54 Å². The van der Waals surface area contributed by atoms with Gasteiger partial charge in [0.15, 0.2) is 0 Å². The maximum Gasteiger partial charge on any atom is 0.341 e. The standard InChI is InChI=1S/C14H17F2NO5S/c1-2-7-17(9-13(19)20)12(18)8-10-3-5-11(6-4-10)23(21,22)14(15)16/h3-6,14H,2,7-9H2,1H3,(H,19,20). The average Bonchev–Trinajstić information content (AvgIpc) is 2.46. The topological polar surface area (TPSA) is 91.8 Å². The number of amides is 1. The van der Waals surface area contributed by atoms with Crippen LogP contribution in [0.3, 0.4) is 0 Å². The molecule has 0 saturated heterocycles. The molecule has 0 atom stereocenters. The highest BCUT2D eigenvalue weighted by atomic mass is 32.2. The molecule has 9 heteroatoms. The largest absolute Gasteiger partial charge is 0.480 e. The molecular formula is C14H17F2NO5S. The molecule has 128 valence electrons. The summed E-state index contributed by atoms with van der Waals surface area (Å²) in [6.07, 6.45) is 0.451. The summed E-state index contributed by atoms with van der Waals surface area (Å²) in [5.41, 5.74) is 0.412. The van der Waals surface area contributed by atoms with Crippen molar-refractivity contribution in [3.05, 3.63) is 29.8 Å². The Morgan fingerprint density at radius 3 is 2.22 bits per heavy atom. The number of hydrogen-bond acceptors (Lipinski definition) is 4. The van der Waals surface area contributed by atoms with Gasteiger partial charge < -0.3 is 10.0 Å². The Balaban J connectivity index is 2.85. The summed E-state index contributed by atoms with van der Waals surface area (Å²) in [6, 6.07) is 4.53. The summed E-state index contributed by atoms with van der Waals surface area (Å²) in [4.78, 5) is 23.4. The maximum atomic E-state index is 12.4. The number of carbonyl (C=O) groups excluding carboxylic acids is 1. The van der Waals surface area contributed by atoms with Gasteiger partial charge in [-0.3, -0.25) is 9.59 Å². The van der Waals surface area contributed by atoms with Crippen molar-refractivity contribution in [3.63, 3.8) is 0 Å². The number of carboxylic acid groups (broad SMARTS) is 1. The number of sulfone groups is 1. The summed E-state index contributed by atoms with van der Waals surface area (Å²) in [6.45, 7) is 1.65. The number of aliphatic carboxylic acids is 1. The SMILES string of the molecule is CCCN(CC(=O)O)C(=O)Cc1ccc(S(=O)(=O)C(F)F)cc1. The Hall–Kier alpha value is -2.03. The Morgan fingerprint density at radius 1 is 1.22 bits per heavy atom. The number of alkyl halides is 2. The molecule has 1 aromatic carbocycles. The van der Waals surface area contributed by atoms with Gasteiger partial charge in [-0.05, 0) is 24.1 Å². The van der Waals surface area contributed by atoms with Gasteiger partial charge in [0.2, 0.25) is 15.7 Å². The molecule has 0 heterocycles. The van der Waals surface area contributed by atoms with Crippen molar-refractivity contribution < 1.29 is 31.9 Å². The zero-order valence-electron chi connectivity index (χ0n) is 12.4. The van der Waals surface area contributed by atoms with Crippen LogP contribution in [0.4, 0.5) is 8.78 Å². The second-order valence-electron chi connectivity index (χ2n) is 4.84. The minimum absolute atomic E-state index is 0.137. The van der Waals surface area contributed by atoms with Crippen LogP contribution in [0.5, 0.6) is 0 Å². The maximum absolute atomic E-state index is 12.4. The van der Waals surface area contributed by atoms with E-state index >= 15 is 0 Å². The molecule has 0 spiro atoms. The molecule has 0 saturated carbocycles. The number of carboxylic acids is 1. The van der Waals surface area contributed by atoms with Crippen LogP contribution in [0.2, 0.25) is 0 Å². The molecule has 1 N–H and O–H groups in total. The van der Waals surface area contributed by atoms with Crippen molar-refractivity contribution >= 4 is 21.7 Å². The van der Waals surface area contributed by atoms with Gasteiger partial charge in [-0.2, -0.15) is 8.78 Å². The fraction of sp³-hybridized carbons (Fsp3) is 0.429. The highest BCUT2D eigenvalue weighted by Gasteiger charge is 2.26. The summed E-state index contributed by atoms with van der Waals surface area (Å²) < 4.78 is 47.4. The zero-order chi connectivity index (χ0) is 17.6. The van der Waals surface area contributed by atoms with Crippen LogP contribution in [-0.2, 0) is 25.8 Å². The number of rotatable bonds is 8. The lowest BCUT2D eigenvalue weighted by molar-refractivity contribution is -0.144. The molecule has 0 fully saturated rings. The quantitative estimate of drug-likeness (QED) is 0.769. The van der Waals surface area contributed by atoms with Crippen molar-refractivity contribution in [2.24, 2.45) is 0 Å². The van der Waals surface area contributed by atoms with E-state index in [-0.39, 0.29) is 13.0 Å². The molecule has 6 nitrogen and oxygen atoms in total. The van der Waals surface area contributed by atoms with Crippen molar-refractivity contribution in [2.75, 3.05) is 13.1 Å². The first kappa shape index (κ1) is 19.0. The predicted octanol–water partition coefficient (Wildman–Crippen LogP) is 1.55. The van der Waals surface area contributed by atoms with E-state index in [1.807, 2.05) is 0 Å². The molecule has 0 bridgehead atoms. The summed E-state index contributed by atoms with van der Waals surface area (Å²) in [5.74, 6) is -5.07. The number of halogens is 2. The van der Waals surface area contributed by atoms with Crippen LogP contribution in [0.25, 0.3) is 0 Å². The smallest absolute Gasteiger partial charge is 0.341 e. The van der Waals surface area contributed by atoms with Crippen molar-refractivity contribution in [3.8, 4) is 0 Å². The van der Waals surface area contributed by atoms with E-state index in [0.717, 1.165) is 12.1 Å². The highest BCUT2D eigenvalue weighted by molar-refractivity contribution is 7.91. The van der Waals surface area contributed by atoms with Gasteiger partial charge in [-0.15, -0.1) is 0 Å². The fourth-order valence-corrected chi connectivity index (χ4v) is 2.63. The van der Waals surface area contributed by atoms with Gasteiger partial charge in [0.05, 0.1) is 11.3 Å². The Labute approximate surface area is 132 Å². The molecule has 0 aliphatic carbocycles. The van der Waals surface area contributed by atoms with E-state index in [4.69, 9.17) is 5.11 Å². The lowest BCUT2D eigenvalue weighted by atomic mass is 10.1. The first-order valence-electron chi connectivity index (χ1n) is 6.79. The molecular weight excluding hydrogens is 332 g/mol. The van der Waals surface area contributed by atoms with Crippen LogP contribution in [0, 0.1) is 0 Å². The minimum Gasteiger partial charge on any atom is -0.480 e. The number of benzene rings is 1. The van der Waals surface area contributed by atoms with Crippen LogP contribution in [-0.4, -0.2) is 49.1 Å². The Morgan fingerprint density at radius 2 is 1.78 bits per heavy atom. The lowest BCUT2D eigenvalue weighted by Gasteiger charge is -2.20. The molecule has 1 aromatic rings. The van der Waals surface area contributed by atoms with Crippen molar-refractivity contribution in [1.82, 2.24) is 4.90 Å². The van der Waals surface area contributed by atoms with Crippen LogP contribution in [0.15, 0.2) is 29.2 Å². The van der Waals surface area contributed by atoms with Gasteiger partial charge >= 0.3 is 11.7 Å². The first-order valence-corrected chi connectivity index (χ1v) is 8.33. The molecule has 0 unspecified atom stereocenters. The summed E-state index contributed by atoms with van der Waals surface area (Å²) >= 11 is 0. The normalized spacial score (nSPS) is 11.5.